The molecule has 24 heavy (non-hydrogen) atoms. The van der Waals surface area contributed by atoms with E-state index in [1.165, 1.54) is 6.26 Å². The number of nitrogens with one attached hydrogen (secondary N) is 1. The van der Waals surface area contributed by atoms with Gasteiger partial charge in [0.05, 0.1) is 27.3 Å². The molecule has 3 aromatic rings. The average Bonchev–Trinajstić information content (AvgIpc) is 3.12. The van der Waals surface area contributed by atoms with Crippen molar-refractivity contribution in [1.29, 1.82) is 0 Å². The third kappa shape index (κ3) is 3.77. The van der Waals surface area contributed by atoms with Gasteiger partial charge in [-0.25, -0.2) is 4.98 Å². The van der Waals surface area contributed by atoms with Gasteiger partial charge in [-0.15, -0.1) is 23.7 Å². The van der Waals surface area contributed by atoms with Gasteiger partial charge < -0.3 is 15.5 Å². The third-order valence-corrected chi connectivity index (χ3v) is 4.85. The van der Waals surface area contributed by atoms with Crippen LogP contribution in [0.2, 0.25) is 0 Å². The second kappa shape index (κ2) is 6.93. The Bertz CT molecular complexity index is 864. The zero-order valence-corrected chi connectivity index (χ0v) is 15.4. The summed E-state index contributed by atoms with van der Waals surface area (Å²) in [4.78, 5) is 16.9. The van der Waals surface area contributed by atoms with Crippen molar-refractivity contribution in [1.82, 2.24) is 4.98 Å². The molecule has 1 amide bonds. The van der Waals surface area contributed by atoms with Crippen molar-refractivity contribution in [2.24, 2.45) is 5.73 Å². The van der Waals surface area contributed by atoms with E-state index in [0.29, 0.717) is 11.3 Å². The van der Waals surface area contributed by atoms with Crippen LogP contribution in [0.25, 0.3) is 10.2 Å². The molecule has 128 valence electrons. The maximum Gasteiger partial charge on any atom is 0.258 e. The zero-order chi connectivity index (χ0) is 16.6. The molecule has 0 spiro atoms. The zero-order valence-electron chi connectivity index (χ0n) is 13.8. The van der Waals surface area contributed by atoms with Crippen molar-refractivity contribution in [3.63, 3.8) is 0 Å². The lowest BCUT2D eigenvalue weighted by Crippen LogP contribution is -2.10. The van der Waals surface area contributed by atoms with Crippen molar-refractivity contribution < 1.29 is 9.21 Å². The number of benzene rings is 1. The normalized spacial score (nSPS) is 11.3. The largest absolute Gasteiger partial charge is 0.467 e. The number of carbonyl (C=O) groups excluding carboxylic acids is 1. The topological polar surface area (TPSA) is 81.2 Å². The monoisotopic (exact) mass is 365 g/mol. The van der Waals surface area contributed by atoms with Gasteiger partial charge in [0.25, 0.3) is 5.91 Å². The van der Waals surface area contributed by atoms with Crippen LogP contribution in [0.15, 0.2) is 34.9 Å². The van der Waals surface area contributed by atoms with Crippen LogP contribution < -0.4 is 11.1 Å². The van der Waals surface area contributed by atoms with Gasteiger partial charge in [-0.2, -0.15) is 0 Å². The summed E-state index contributed by atoms with van der Waals surface area (Å²) in [6, 6.07) is 7.38. The summed E-state index contributed by atoms with van der Waals surface area (Å²) in [6.45, 7) is 6.69. The molecule has 0 fully saturated rings. The molecule has 0 bridgehead atoms. The van der Waals surface area contributed by atoms with E-state index in [4.69, 9.17) is 10.2 Å². The number of aromatic nitrogens is 1. The van der Waals surface area contributed by atoms with E-state index in [-0.39, 0.29) is 30.3 Å². The van der Waals surface area contributed by atoms with Crippen molar-refractivity contribution in [2.45, 2.75) is 32.7 Å². The van der Waals surface area contributed by atoms with Gasteiger partial charge in [-0.3, -0.25) is 4.79 Å². The quantitative estimate of drug-likeness (QED) is 0.724. The van der Waals surface area contributed by atoms with E-state index in [9.17, 15) is 4.79 Å². The summed E-state index contributed by atoms with van der Waals surface area (Å²) in [7, 11) is 0. The van der Waals surface area contributed by atoms with E-state index >= 15 is 0 Å². The van der Waals surface area contributed by atoms with Crippen LogP contribution in [-0.4, -0.2) is 10.9 Å². The number of nitrogens with zero attached hydrogens (tertiary/aromatic N) is 1. The lowest BCUT2D eigenvalue weighted by atomic mass is 9.98. The van der Waals surface area contributed by atoms with Crippen LogP contribution in [0.4, 0.5) is 5.69 Å². The first-order chi connectivity index (χ1) is 10.9. The Kier molecular flexibility index (Phi) is 5.32. The summed E-state index contributed by atoms with van der Waals surface area (Å²) in [5, 5.41) is 3.96. The maximum atomic E-state index is 12.2. The molecule has 0 unspecified atom stereocenters. The number of hydrogen-bond donors (Lipinski definition) is 2. The number of halogens is 1. The summed E-state index contributed by atoms with van der Waals surface area (Å²) in [6.07, 6.45) is 1.42. The van der Waals surface area contributed by atoms with E-state index < -0.39 is 0 Å². The summed E-state index contributed by atoms with van der Waals surface area (Å²) in [5.41, 5.74) is 7.65. The Morgan fingerprint density at radius 3 is 2.71 bits per heavy atom. The highest BCUT2D eigenvalue weighted by Crippen LogP contribution is 2.32. The standard InChI is InChI=1S/C17H19N3O2S.ClH/c1-17(2,3)16-20-13-5-4-11(7-14(13)23-16)19-15(21)10-6-12(8-18)22-9-10;/h4-7,9H,8,18H2,1-3H3,(H,19,21);1H. The lowest BCUT2D eigenvalue weighted by Gasteiger charge is -2.13. The molecule has 0 radical (unpaired) electrons. The van der Waals surface area contributed by atoms with Crippen molar-refractivity contribution >= 4 is 45.6 Å². The number of amides is 1. The van der Waals surface area contributed by atoms with Crippen molar-refractivity contribution in [2.75, 3.05) is 5.32 Å². The summed E-state index contributed by atoms with van der Waals surface area (Å²) in [5.74, 6) is 0.372. The number of nitrogens with two attached hydrogens (primary N) is 1. The number of carbonyl (C=O) groups is 1. The molecule has 0 atom stereocenters. The minimum atomic E-state index is -0.214. The highest BCUT2D eigenvalue weighted by molar-refractivity contribution is 7.18. The lowest BCUT2D eigenvalue weighted by molar-refractivity contribution is 0.102. The van der Waals surface area contributed by atoms with Gasteiger partial charge in [0.15, 0.2) is 0 Å². The molecule has 3 rings (SSSR count). The number of fused-ring (bicyclic) bond motifs is 1. The van der Waals surface area contributed by atoms with Gasteiger partial charge in [0.1, 0.15) is 12.0 Å². The molecular weight excluding hydrogens is 346 g/mol. The Hall–Kier alpha value is -1.89. The van der Waals surface area contributed by atoms with Crippen LogP contribution in [0.5, 0.6) is 0 Å². The molecule has 2 heterocycles. The van der Waals surface area contributed by atoms with Crippen LogP contribution in [0, 0.1) is 0 Å². The number of furan rings is 1. The first-order valence-electron chi connectivity index (χ1n) is 7.37. The molecule has 0 aliphatic rings. The number of anilines is 1. The SMILES string of the molecule is CC(C)(C)c1nc2ccc(NC(=O)c3coc(CN)c3)cc2s1.Cl. The summed E-state index contributed by atoms with van der Waals surface area (Å²) >= 11 is 1.65. The van der Waals surface area contributed by atoms with Crippen molar-refractivity contribution in [3.8, 4) is 0 Å². The van der Waals surface area contributed by atoms with E-state index in [1.807, 2.05) is 18.2 Å². The third-order valence-electron chi connectivity index (χ3n) is 3.41. The van der Waals surface area contributed by atoms with Gasteiger partial charge in [0.2, 0.25) is 0 Å². The van der Waals surface area contributed by atoms with Gasteiger partial charge in [0, 0.05) is 11.1 Å². The smallest absolute Gasteiger partial charge is 0.258 e. The molecule has 0 aliphatic heterocycles. The highest BCUT2D eigenvalue weighted by atomic mass is 35.5. The Morgan fingerprint density at radius 1 is 1.33 bits per heavy atom. The van der Waals surface area contributed by atoms with Crippen LogP contribution in [-0.2, 0) is 12.0 Å². The maximum absolute atomic E-state index is 12.2. The molecule has 3 N–H and O–H groups in total. The van der Waals surface area contributed by atoms with E-state index in [0.717, 1.165) is 20.9 Å². The van der Waals surface area contributed by atoms with E-state index in [2.05, 4.69) is 31.1 Å². The Labute approximate surface area is 150 Å². The first-order valence-corrected chi connectivity index (χ1v) is 8.18. The second-order valence-corrected chi connectivity index (χ2v) is 7.44. The number of thiazole rings is 1. The number of rotatable bonds is 3. The Morgan fingerprint density at radius 2 is 2.08 bits per heavy atom. The molecule has 1 aromatic carbocycles. The molecule has 7 heteroatoms. The fraction of sp³-hybridized carbons (Fsp3) is 0.294. The summed E-state index contributed by atoms with van der Waals surface area (Å²) < 4.78 is 6.25. The van der Waals surface area contributed by atoms with E-state index in [1.54, 1.807) is 17.4 Å². The number of hydrogen-bond acceptors (Lipinski definition) is 5. The second-order valence-electron chi connectivity index (χ2n) is 6.41. The Balaban J connectivity index is 0.00000208. The van der Waals surface area contributed by atoms with Gasteiger partial charge in [-0.1, -0.05) is 20.8 Å². The predicted molar refractivity (Wildman–Crippen MR) is 100 cm³/mol. The molecule has 2 aromatic heterocycles. The highest BCUT2D eigenvalue weighted by Gasteiger charge is 2.19. The van der Waals surface area contributed by atoms with Crippen LogP contribution in [0.1, 0.15) is 41.9 Å². The fourth-order valence-corrected chi connectivity index (χ4v) is 3.20. The predicted octanol–water partition coefficient (Wildman–Crippen LogP) is 4.32. The molecule has 0 saturated heterocycles. The molecule has 5 nitrogen and oxygen atoms in total. The van der Waals surface area contributed by atoms with Crippen LogP contribution >= 0.6 is 23.7 Å². The van der Waals surface area contributed by atoms with Crippen molar-refractivity contribution in [3.05, 3.63) is 46.9 Å². The van der Waals surface area contributed by atoms with Crippen LogP contribution in [0.3, 0.4) is 0 Å². The molecule has 0 aliphatic carbocycles. The molecular formula is C17H20ClN3O2S. The van der Waals surface area contributed by atoms with Gasteiger partial charge in [-0.05, 0) is 24.3 Å². The fourth-order valence-electron chi connectivity index (χ4n) is 2.13. The average molecular weight is 366 g/mol. The van der Waals surface area contributed by atoms with Gasteiger partial charge >= 0.3 is 0 Å². The minimum absolute atomic E-state index is 0. The minimum Gasteiger partial charge on any atom is -0.467 e. The first kappa shape index (κ1) is 18.4. The molecule has 0 saturated carbocycles.